The molecule has 0 saturated carbocycles. The summed E-state index contributed by atoms with van der Waals surface area (Å²) < 4.78 is 11.9. The molecule has 0 amide bonds. The molecule has 2 aliphatic carbocycles. The minimum Gasteiger partial charge on any atom is -0.454 e. The number of rotatable bonds is 5. The van der Waals surface area contributed by atoms with Gasteiger partial charge >= 0.3 is 0 Å². The van der Waals surface area contributed by atoms with Gasteiger partial charge in [0.25, 0.3) is 0 Å². The molecule has 2 aliphatic rings. The zero-order valence-electron chi connectivity index (χ0n) is 31.5. The molecule has 0 unspecified atom stereocenters. The monoisotopic (exact) mass is 730 g/mol. The summed E-state index contributed by atoms with van der Waals surface area (Å²) in [6.45, 7) is 0. The van der Waals surface area contributed by atoms with Crippen molar-refractivity contribution in [2.24, 2.45) is 0 Å². The molecular weight excluding hydrogens is 693 g/mol. The minimum absolute atomic E-state index is 0.903. The number of fused-ring (bicyclic) bond motifs is 9. The Bertz CT molecular complexity index is 3280. The van der Waals surface area contributed by atoms with Gasteiger partial charge in [0.2, 0.25) is 0 Å². The van der Waals surface area contributed by atoms with E-state index in [1.165, 1.54) is 83.4 Å². The van der Waals surface area contributed by atoms with Gasteiger partial charge in [-0.25, -0.2) is 0 Å². The highest BCUT2D eigenvalue weighted by atomic mass is 16.3. The normalized spacial score (nSPS) is 13.5. The average molecular weight is 731 g/mol. The summed E-state index contributed by atoms with van der Waals surface area (Å²) in [6, 6.07) is 57.7. The van der Waals surface area contributed by atoms with Gasteiger partial charge in [-0.2, -0.15) is 0 Å². The Morgan fingerprint density at radius 1 is 0.421 bits per heavy atom. The molecule has 3 heterocycles. The zero-order valence-corrected chi connectivity index (χ0v) is 31.5. The van der Waals surface area contributed by atoms with Crippen molar-refractivity contribution in [3.8, 4) is 44.8 Å². The first-order valence-corrected chi connectivity index (χ1v) is 20.1. The van der Waals surface area contributed by atoms with Crippen molar-refractivity contribution in [1.29, 1.82) is 0 Å². The van der Waals surface area contributed by atoms with E-state index in [4.69, 9.17) is 4.42 Å². The van der Waals surface area contributed by atoms with Crippen LogP contribution in [0.4, 0.5) is 0 Å². The maximum absolute atomic E-state index is 6.86. The summed E-state index contributed by atoms with van der Waals surface area (Å²) >= 11 is 0. The fourth-order valence-electron chi connectivity index (χ4n) is 9.68. The van der Waals surface area contributed by atoms with E-state index >= 15 is 0 Å². The predicted octanol–water partition coefficient (Wildman–Crippen LogP) is 14.4. The first-order valence-electron chi connectivity index (χ1n) is 20.1. The van der Waals surface area contributed by atoms with Crippen LogP contribution in [0.15, 0.2) is 174 Å². The first-order chi connectivity index (χ1) is 28.3. The zero-order chi connectivity index (χ0) is 37.5. The Morgan fingerprint density at radius 3 is 1.70 bits per heavy atom. The highest BCUT2D eigenvalue weighted by molar-refractivity contribution is 6.11. The summed E-state index contributed by atoms with van der Waals surface area (Å²) in [5.41, 5.74) is 19.1. The van der Waals surface area contributed by atoms with Gasteiger partial charge in [0.05, 0.1) is 16.7 Å². The molecule has 0 saturated heterocycles. The lowest BCUT2D eigenvalue weighted by molar-refractivity contribution is 0.665. The second-order valence-electron chi connectivity index (χ2n) is 15.5. The van der Waals surface area contributed by atoms with Crippen molar-refractivity contribution in [3.63, 3.8) is 0 Å². The number of allylic oxidation sites excluding steroid dienone is 2. The van der Waals surface area contributed by atoms with Gasteiger partial charge in [-0.1, -0.05) is 140 Å². The van der Waals surface area contributed by atoms with E-state index in [0.717, 1.165) is 53.3 Å². The van der Waals surface area contributed by atoms with Crippen LogP contribution in [0.25, 0.3) is 101 Å². The van der Waals surface area contributed by atoms with Crippen LogP contribution in [0.2, 0.25) is 0 Å². The number of para-hydroxylation sites is 2. The van der Waals surface area contributed by atoms with Gasteiger partial charge in [0, 0.05) is 49.7 Å². The topological polar surface area (TPSA) is 23.0 Å². The van der Waals surface area contributed by atoms with Crippen molar-refractivity contribution in [1.82, 2.24) is 9.13 Å². The molecule has 270 valence electrons. The fourth-order valence-corrected chi connectivity index (χ4v) is 9.68. The highest BCUT2D eigenvalue weighted by Gasteiger charge is 2.25. The van der Waals surface area contributed by atoms with E-state index in [9.17, 15) is 0 Å². The second kappa shape index (κ2) is 12.7. The number of aromatic nitrogens is 2. The van der Waals surface area contributed by atoms with Gasteiger partial charge in [-0.15, -0.1) is 0 Å². The standard InChI is InChI=1S/C54H38N2O/c1-3-15-35(16-4-1)40-19-7-8-20-41(40)38-31-47-46-23-11-14-26-53(46)57-54(47)52(34-38)56-49-25-13-10-22-43(49)45-30-28-37(33-51(45)56)36-27-29-44-42-21-9-12-24-48(42)55(50(44)32-36)39-17-5-2-6-18-39/h1-11,14-23,26-34H,12-13,24-25H2. The first kappa shape index (κ1) is 32.2. The van der Waals surface area contributed by atoms with E-state index < -0.39 is 0 Å². The van der Waals surface area contributed by atoms with Gasteiger partial charge in [0.1, 0.15) is 5.58 Å². The Balaban J connectivity index is 1.12. The molecule has 0 radical (unpaired) electrons. The third-order valence-corrected chi connectivity index (χ3v) is 12.3. The lowest BCUT2D eigenvalue weighted by atomic mass is 9.93. The number of nitrogens with zero attached hydrogens (tertiary/aromatic N) is 2. The van der Waals surface area contributed by atoms with E-state index in [1.54, 1.807) is 0 Å². The van der Waals surface area contributed by atoms with Gasteiger partial charge < -0.3 is 13.6 Å². The molecule has 12 rings (SSSR count). The van der Waals surface area contributed by atoms with Gasteiger partial charge in [-0.05, 0) is 102 Å². The number of furan rings is 1. The van der Waals surface area contributed by atoms with Crippen LogP contribution >= 0.6 is 0 Å². The molecule has 0 N–H and O–H groups in total. The van der Waals surface area contributed by atoms with Gasteiger partial charge in [0.15, 0.2) is 5.58 Å². The summed E-state index contributed by atoms with van der Waals surface area (Å²) in [5.74, 6) is 0. The SMILES string of the molecule is C1=Cc2c(n(-c3ccccc3)c3cc(-c4ccc5c6c(n(-c7cc(-c8ccccc8-c8ccccc8)cc8c7oc7ccccc78)c5c4)CCC=C6)ccc23)CC1. The Labute approximate surface area is 331 Å². The minimum atomic E-state index is 0.903. The second-order valence-corrected chi connectivity index (χ2v) is 15.5. The smallest absolute Gasteiger partial charge is 0.159 e. The number of benzene rings is 7. The van der Waals surface area contributed by atoms with Crippen LogP contribution in [-0.4, -0.2) is 9.13 Å². The molecule has 3 aromatic heterocycles. The maximum Gasteiger partial charge on any atom is 0.159 e. The van der Waals surface area contributed by atoms with Crippen LogP contribution in [0.1, 0.15) is 35.4 Å². The third kappa shape index (κ3) is 4.98. The fraction of sp³-hybridized carbons (Fsp3) is 0.0741. The van der Waals surface area contributed by atoms with Crippen molar-refractivity contribution in [2.45, 2.75) is 25.7 Å². The van der Waals surface area contributed by atoms with Crippen molar-refractivity contribution in [3.05, 3.63) is 192 Å². The molecule has 0 fully saturated rings. The van der Waals surface area contributed by atoms with E-state index in [0.29, 0.717) is 0 Å². The molecular formula is C54H38N2O. The maximum atomic E-state index is 6.86. The summed E-state index contributed by atoms with van der Waals surface area (Å²) in [5, 5.41) is 4.83. The quantitative estimate of drug-likeness (QED) is 0.173. The van der Waals surface area contributed by atoms with Crippen LogP contribution in [0, 0.1) is 0 Å². The van der Waals surface area contributed by atoms with Crippen LogP contribution in [-0.2, 0) is 12.8 Å². The van der Waals surface area contributed by atoms with Crippen LogP contribution < -0.4 is 0 Å². The molecule has 0 bridgehead atoms. The molecule has 57 heavy (non-hydrogen) atoms. The summed E-state index contributed by atoms with van der Waals surface area (Å²) in [6.07, 6.45) is 13.4. The number of hydrogen-bond donors (Lipinski definition) is 0. The van der Waals surface area contributed by atoms with Crippen LogP contribution in [0.3, 0.4) is 0 Å². The lowest BCUT2D eigenvalue weighted by Crippen LogP contribution is -2.04. The van der Waals surface area contributed by atoms with E-state index in [-0.39, 0.29) is 0 Å². The Kier molecular flexibility index (Phi) is 7.18. The third-order valence-electron chi connectivity index (χ3n) is 12.3. The molecule has 10 aromatic rings. The van der Waals surface area contributed by atoms with Crippen molar-refractivity contribution >= 4 is 55.9 Å². The number of hydrogen-bond acceptors (Lipinski definition) is 1. The predicted molar refractivity (Wildman–Crippen MR) is 238 cm³/mol. The molecule has 7 aromatic carbocycles. The highest BCUT2D eigenvalue weighted by Crippen LogP contribution is 2.44. The average Bonchev–Trinajstić information content (AvgIpc) is 3.94. The van der Waals surface area contributed by atoms with E-state index in [1.807, 2.05) is 0 Å². The molecule has 0 spiro atoms. The molecule has 0 aliphatic heterocycles. The lowest BCUT2D eigenvalue weighted by Gasteiger charge is -2.17. The van der Waals surface area contributed by atoms with E-state index in [2.05, 4.69) is 191 Å². The molecule has 3 nitrogen and oxygen atoms in total. The molecule has 3 heteroatoms. The summed E-state index contributed by atoms with van der Waals surface area (Å²) in [7, 11) is 0. The van der Waals surface area contributed by atoms with Gasteiger partial charge in [-0.3, -0.25) is 0 Å². The Hall–Kier alpha value is -7.10. The van der Waals surface area contributed by atoms with Crippen molar-refractivity contribution < 1.29 is 4.42 Å². The summed E-state index contributed by atoms with van der Waals surface area (Å²) in [4.78, 5) is 0. The Morgan fingerprint density at radius 2 is 1.00 bits per heavy atom. The van der Waals surface area contributed by atoms with Crippen LogP contribution in [0.5, 0.6) is 0 Å². The van der Waals surface area contributed by atoms with Crippen molar-refractivity contribution in [2.75, 3.05) is 0 Å². The largest absolute Gasteiger partial charge is 0.454 e. The molecule has 0 atom stereocenters.